The van der Waals surface area contributed by atoms with Gasteiger partial charge in [-0.3, -0.25) is 0 Å². The summed E-state index contributed by atoms with van der Waals surface area (Å²) in [6.07, 6.45) is 21.8. The maximum atomic E-state index is 2.47. The molecule has 0 N–H and O–H groups in total. The minimum Gasteiger partial charge on any atom is -0.309 e. The normalized spacial score (nSPS) is 11.5. The van der Waals surface area contributed by atoms with Gasteiger partial charge in [-0.1, -0.05) is 233 Å². The summed E-state index contributed by atoms with van der Waals surface area (Å²) in [6.45, 7) is 17.6. The third-order valence-corrected chi connectivity index (χ3v) is 19.4. The molecule has 3 heterocycles. The number of rotatable bonds is 22. The van der Waals surface area contributed by atoms with E-state index in [1.807, 2.05) is 0 Å². The topological polar surface area (TPSA) is 14.8 Å². The summed E-state index contributed by atoms with van der Waals surface area (Å²) < 4.78 is 7.22. The summed E-state index contributed by atoms with van der Waals surface area (Å²) in [5, 5.41) is 8.09. The SMILES string of the molecule is CCCCCCc1ccc2c(c1)c1cc(CCCCCC)ccc1n2-c1cccc(C)c1.Cc1ccc(CCCCCCCc2cc(C)cc(-c3ccc(-n4c5ccccc5c5ccccc54)cc3)c2)cc1.Cc1cccc(-n2c3ccc(C)cc3c3cc(C)ccc32)c1. The van der Waals surface area contributed by atoms with Crippen molar-refractivity contribution in [2.24, 2.45) is 0 Å². The molecule has 0 atom stereocenters. The van der Waals surface area contributed by atoms with Crippen molar-refractivity contribution >= 4 is 65.4 Å². The second-order valence-electron chi connectivity index (χ2n) is 27.1. The molecule has 11 aromatic carbocycles. The van der Waals surface area contributed by atoms with Gasteiger partial charge in [-0.25, -0.2) is 0 Å². The molecule has 0 bridgehead atoms. The molecule has 14 aromatic rings. The van der Waals surface area contributed by atoms with E-state index in [0.29, 0.717) is 0 Å². The van der Waals surface area contributed by atoms with Crippen LogP contribution in [0.3, 0.4) is 0 Å². The Bertz CT molecular complexity index is 4670. The zero-order chi connectivity index (χ0) is 64.9. The number of aromatic nitrogens is 3. The third kappa shape index (κ3) is 15.2. The predicted octanol–water partition coefficient (Wildman–Crippen LogP) is 25.8. The first kappa shape index (κ1) is 64.9. The van der Waals surface area contributed by atoms with Crippen LogP contribution in [0.4, 0.5) is 0 Å². The van der Waals surface area contributed by atoms with Gasteiger partial charge in [0.1, 0.15) is 0 Å². The second-order valence-corrected chi connectivity index (χ2v) is 27.1. The first-order valence-electron chi connectivity index (χ1n) is 35.5. The molecule has 0 aliphatic rings. The van der Waals surface area contributed by atoms with E-state index in [0.717, 1.165) is 6.42 Å². The molecule has 0 saturated heterocycles. The Hall–Kier alpha value is -9.18. The smallest absolute Gasteiger partial charge is 0.0541 e. The van der Waals surface area contributed by atoms with Crippen LogP contribution in [0, 0.1) is 41.5 Å². The highest BCUT2D eigenvalue weighted by molar-refractivity contribution is 6.11. The molecule has 0 radical (unpaired) electrons. The highest BCUT2D eigenvalue weighted by atomic mass is 15.0. The van der Waals surface area contributed by atoms with Gasteiger partial charge in [0.25, 0.3) is 0 Å². The number of hydrogen-bond donors (Lipinski definition) is 0. The van der Waals surface area contributed by atoms with E-state index in [1.54, 1.807) is 0 Å². The van der Waals surface area contributed by atoms with E-state index in [-0.39, 0.29) is 0 Å². The third-order valence-electron chi connectivity index (χ3n) is 19.4. The van der Waals surface area contributed by atoms with Crippen molar-refractivity contribution in [2.45, 2.75) is 165 Å². The van der Waals surface area contributed by atoms with Crippen LogP contribution in [-0.4, -0.2) is 13.7 Å². The zero-order valence-electron chi connectivity index (χ0n) is 57.4. The second kappa shape index (κ2) is 30.7. The van der Waals surface area contributed by atoms with Crippen LogP contribution in [0.25, 0.3) is 93.6 Å². The predicted molar refractivity (Wildman–Crippen MR) is 409 cm³/mol. The molecule has 0 unspecified atom stereocenters. The summed E-state index contributed by atoms with van der Waals surface area (Å²) in [5.41, 5.74) is 27.8. The molecule has 0 saturated carbocycles. The van der Waals surface area contributed by atoms with Crippen molar-refractivity contribution in [2.75, 3.05) is 0 Å². The molecule has 476 valence electrons. The summed E-state index contributed by atoms with van der Waals surface area (Å²) in [7, 11) is 0. The van der Waals surface area contributed by atoms with Crippen LogP contribution in [0.5, 0.6) is 0 Å². The Morgan fingerprint density at radius 2 is 0.596 bits per heavy atom. The molecule has 0 spiro atoms. The lowest BCUT2D eigenvalue weighted by atomic mass is 9.97. The van der Waals surface area contributed by atoms with E-state index in [9.17, 15) is 0 Å². The highest BCUT2D eigenvalue weighted by Gasteiger charge is 2.17. The average molecular weight is 1230 g/mol. The monoisotopic (exact) mass is 1230 g/mol. The lowest BCUT2D eigenvalue weighted by Gasteiger charge is -2.11. The van der Waals surface area contributed by atoms with Crippen LogP contribution < -0.4 is 0 Å². The Morgan fingerprint density at radius 1 is 0.213 bits per heavy atom. The summed E-state index contributed by atoms with van der Waals surface area (Å²) >= 11 is 0. The van der Waals surface area contributed by atoms with Crippen molar-refractivity contribution in [1.29, 1.82) is 0 Å². The molecule has 3 nitrogen and oxygen atoms in total. The minimum absolute atomic E-state index is 1.16. The van der Waals surface area contributed by atoms with E-state index >= 15 is 0 Å². The lowest BCUT2D eigenvalue weighted by molar-refractivity contribution is 0.613. The molecule has 3 heteroatoms. The van der Waals surface area contributed by atoms with Gasteiger partial charge in [-0.2, -0.15) is 0 Å². The molecule has 14 rings (SSSR count). The van der Waals surface area contributed by atoms with Gasteiger partial charge in [-0.15, -0.1) is 0 Å². The molecule has 3 aromatic heterocycles. The number of fused-ring (bicyclic) bond motifs is 9. The van der Waals surface area contributed by atoms with Gasteiger partial charge in [0.2, 0.25) is 0 Å². The van der Waals surface area contributed by atoms with Crippen molar-refractivity contribution in [3.63, 3.8) is 0 Å². The van der Waals surface area contributed by atoms with Crippen LogP contribution in [0.1, 0.15) is 153 Å². The van der Waals surface area contributed by atoms with E-state index in [4.69, 9.17) is 0 Å². The molecular weight excluding hydrogens is 1140 g/mol. The van der Waals surface area contributed by atoms with Gasteiger partial charge in [-0.05, 0) is 234 Å². The van der Waals surface area contributed by atoms with Crippen LogP contribution in [0.2, 0.25) is 0 Å². The van der Waals surface area contributed by atoms with Crippen molar-refractivity contribution in [3.05, 3.63) is 292 Å². The lowest BCUT2D eigenvalue weighted by Crippen LogP contribution is -1.95. The summed E-state index contributed by atoms with van der Waals surface area (Å²) in [4.78, 5) is 0. The van der Waals surface area contributed by atoms with E-state index in [2.05, 4.69) is 306 Å². The molecule has 0 aliphatic heterocycles. The molecule has 0 fully saturated rings. The highest BCUT2D eigenvalue weighted by Crippen LogP contribution is 2.37. The van der Waals surface area contributed by atoms with E-state index < -0.39 is 0 Å². The van der Waals surface area contributed by atoms with Gasteiger partial charge < -0.3 is 13.7 Å². The van der Waals surface area contributed by atoms with Gasteiger partial charge in [0, 0.05) is 49.4 Å². The van der Waals surface area contributed by atoms with Gasteiger partial charge in [0.05, 0.1) is 33.1 Å². The van der Waals surface area contributed by atoms with E-state index in [1.165, 1.54) is 252 Å². The summed E-state index contributed by atoms with van der Waals surface area (Å²) in [5.74, 6) is 0. The Labute approximate surface area is 560 Å². The number of nitrogens with zero attached hydrogens (tertiary/aromatic N) is 3. The quantitative estimate of drug-likeness (QED) is 0.0601. The first-order valence-corrected chi connectivity index (χ1v) is 35.5. The molecular formula is C91H97N3. The van der Waals surface area contributed by atoms with Crippen LogP contribution in [0.15, 0.2) is 237 Å². The maximum Gasteiger partial charge on any atom is 0.0541 e. The number of para-hydroxylation sites is 2. The standard InChI is InChI=1S/C39H39N.C31H39N.C21H19N/c1-29-18-20-31(21-19-29)12-6-4-3-5-7-13-32-26-30(2)27-34(28-32)33-22-24-35(25-23-33)40-38-16-10-8-14-36(38)37-15-9-11-17-39(37)40;1-4-6-8-10-14-25-17-19-30-28(22-25)29-23-26(15-11-9-7-5-2)18-20-31(29)32(30)27-16-12-13-24(3)21-27;1-14-5-4-6-17(11-14)22-20-9-7-15(2)12-18(20)19-13-16(3)8-10-21(19)22/h8-11,14-28H,3-7,12-13H2,1-2H3;12-13,16-23H,4-11,14-15H2,1-3H3;4-13H,1-3H3. The van der Waals surface area contributed by atoms with Gasteiger partial charge >= 0.3 is 0 Å². The molecule has 0 aliphatic carbocycles. The number of aryl methyl sites for hydroxylation is 10. The maximum absolute atomic E-state index is 2.47. The fraction of sp³-hybridized carbons (Fsp3) is 0.275. The number of hydrogen-bond acceptors (Lipinski definition) is 0. The molecule has 94 heavy (non-hydrogen) atoms. The number of benzene rings is 11. The Morgan fingerprint density at radius 3 is 1.09 bits per heavy atom. The van der Waals surface area contributed by atoms with Crippen molar-refractivity contribution in [1.82, 2.24) is 13.7 Å². The largest absolute Gasteiger partial charge is 0.309 e. The fourth-order valence-electron chi connectivity index (χ4n) is 14.4. The Balaban J connectivity index is 0.000000141. The first-order chi connectivity index (χ1) is 46.0. The van der Waals surface area contributed by atoms with Crippen molar-refractivity contribution in [3.8, 4) is 28.2 Å². The molecule has 0 amide bonds. The summed E-state index contributed by atoms with van der Waals surface area (Å²) in [6, 6.07) is 88.0. The minimum atomic E-state index is 1.16. The van der Waals surface area contributed by atoms with Crippen LogP contribution >= 0.6 is 0 Å². The fourth-order valence-corrected chi connectivity index (χ4v) is 14.4. The van der Waals surface area contributed by atoms with Crippen LogP contribution in [-0.2, 0) is 25.7 Å². The number of unbranched alkanes of at least 4 members (excludes halogenated alkanes) is 10. The Kier molecular flexibility index (Phi) is 21.2. The van der Waals surface area contributed by atoms with Gasteiger partial charge in [0.15, 0.2) is 0 Å². The average Bonchev–Trinajstić information content (AvgIpc) is 1.61. The van der Waals surface area contributed by atoms with Crippen molar-refractivity contribution < 1.29 is 0 Å². The zero-order valence-corrected chi connectivity index (χ0v) is 57.4.